The number of fused-ring (bicyclic) bond motifs is 3. The SMILES string of the molecule is CN(C)c1ccc(NC(=O)CSc2nnc3n(CC(=O)N4CCCC4)c4ccccc4n23)cc1. The third-order valence-electron chi connectivity index (χ3n) is 6.02. The van der Waals surface area contributed by atoms with Crippen molar-refractivity contribution in [3.05, 3.63) is 48.5 Å². The lowest BCUT2D eigenvalue weighted by Gasteiger charge is -2.15. The number of thioether (sulfide) groups is 1. The van der Waals surface area contributed by atoms with Crippen LogP contribution in [0.2, 0.25) is 0 Å². The molecule has 176 valence electrons. The molecule has 0 atom stereocenters. The second-order valence-corrected chi connectivity index (χ2v) is 9.50. The van der Waals surface area contributed by atoms with Crippen molar-refractivity contribution in [2.45, 2.75) is 24.5 Å². The summed E-state index contributed by atoms with van der Waals surface area (Å²) < 4.78 is 3.84. The van der Waals surface area contributed by atoms with Crippen LogP contribution in [0.15, 0.2) is 53.7 Å². The molecule has 1 fully saturated rings. The lowest BCUT2D eigenvalue weighted by Crippen LogP contribution is -2.31. The van der Waals surface area contributed by atoms with E-state index in [1.165, 1.54) is 11.8 Å². The number of carbonyl (C=O) groups is 2. The first-order valence-electron chi connectivity index (χ1n) is 11.3. The highest BCUT2D eigenvalue weighted by molar-refractivity contribution is 7.99. The van der Waals surface area contributed by atoms with E-state index in [1.807, 2.05) is 81.4 Å². The second-order valence-electron chi connectivity index (χ2n) is 8.56. The first kappa shape index (κ1) is 22.3. The summed E-state index contributed by atoms with van der Waals surface area (Å²) in [6.45, 7) is 1.85. The molecule has 0 aliphatic carbocycles. The van der Waals surface area contributed by atoms with Gasteiger partial charge >= 0.3 is 0 Å². The van der Waals surface area contributed by atoms with Crippen LogP contribution in [0.5, 0.6) is 0 Å². The number of nitrogens with zero attached hydrogens (tertiary/aromatic N) is 6. The summed E-state index contributed by atoms with van der Waals surface area (Å²) in [5.41, 5.74) is 3.66. The molecule has 4 aromatic rings. The fourth-order valence-corrected chi connectivity index (χ4v) is 5.00. The van der Waals surface area contributed by atoms with Crippen molar-refractivity contribution in [3.63, 3.8) is 0 Å². The van der Waals surface area contributed by atoms with Gasteiger partial charge in [0.15, 0.2) is 5.16 Å². The van der Waals surface area contributed by atoms with Crippen molar-refractivity contribution >= 4 is 51.8 Å². The quantitative estimate of drug-likeness (QED) is 0.412. The van der Waals surface area contributed by atoms with Crippen LogP contribution >= 0.6 is 11.8 Å². The molecule has 1 aliphatic heterocycles. The molecule has 0 spiro atoms. The Bertz CT molecular complexity index is 1340. The summed E-state index contributed by atoms with van der Waals surface area (Å²) in [6.07, 6.45) is 2.11. The standard InChI is InChI=1S/C24H27N7O2S/c1-28(2)18-11-9-17(10-12-18)25-21(32)16-34-24-27-26-23-30(15-22(33)29-13-5-6-14-29)19-7-3-4-8-20(19)31(23)24/h3-4,7-12H,5-6,13-16H2,1-2H3,(H,25,32). The third-order valence-corrected chi connectivity index (χ3v) is 6.95. The minimum Gasteiger partial charge on any atom is -0.378 e. The molecule has 1 saturated heterocycles. The van der Waals surface area contributed by atoms with Crippen LogP contribution in [0.1, 0.15) is 12.8 Å². The predicted octanol–water partition coefficient (Wildman–Crippen LogP) is 3.10. The Labute approximate surface area is 201 Å². The van der Waals surface area contributed by atoms with Crippen molar-refractivity contribution < 1.29 is 9.59 Å². The molecule has 1 N–H and O–H groups in total. The molecule has 9 nitrogen and oxygen atoms in total. The first-order chi connectivity index (χ1) is 16.5. The summed E-state index contributed by atoms with van der Waals surface area (Å²) in [5, 5.41) is 12.2. The molecule has 10 heteroatoms. The predicted molar refractivity (Wildman–Crippen MR) is 134 cm³/mol. The average Bonchev–Trinajstić information content (AvgIpc) is 3.57. The number of amides is 2. The van der Waals surface area contributed by atoms with Gasteiger partial charge in [0.1, 0.15) is 6.54 Å². The van der Waals surface area contributed by atoms with Gasteiger partial charge in [0.05, 0.1) is 16.8 Å². The van der Waals surface area contributed by atoms with Crippen molar-refractivity contribution in [3.8, 4) is 0 Å². The molecule has 34 heavy (non-hydrogen) atoms. The van der Waals surface area contributed by atoms with Gasteiger partial charge in [-0.15, -0.1) is 10.2 Å². The number of hydrogen-bond acceptors (Lipinski definition) is 6. The Balaban J connectivity index is 1.34. The molecule has 2 amide bonds. The lowest BCUT2D eigenvalue weighted by atomic mass is 10.2. The number of anilines is 2. The molecule has 2 aromatic heterocycles. The van der Waals surface area contributed by atoms with Crippen molar-refractivity contribution in [1.29, 1.82) is 0 Å². The highest BCUT2D eigenvalue weighted by Gasteiger charge is 2.23. The fourth-order valence-electron chi connectivity index (χ4n) is 4.26. The van der Waals surface area contributed by atoms with E-state index in [-0.39, 0.29) is 24.1 Å². The van der Waals surface area contributed by atoms with Crippen LogP contribution in [0.25, 0.3) is 16.8 Å². The molecule has 1 aliphatic rings. The molecule has 0 bridgehead atoms. The van der Waals surface area contributed by atoms with Gasteiger partial charge in [0.2, 0.25) is 17.6 Å². The van der Waals surface area contributed by atoms with E-state index in [0.717, 1.165) is 48.3 Å². The van der Waals surface area contributed by atoms with Gasteiger partial charge in [0, 0.05) is 38.6 Å². The van der Waals surface area contributed by atoms with Gasteiger partial charge in [-0.2, -0.15) is 0 Å². The number of nitrogens with one attached hydrogen (secondary N) is 1. The van der Waals surface area contributed by atoms with Crippen LogP contribution in [-0.4, -0.2) is 68.8 Å². The molecule has 0 unspecified atom stereocenters. The van der Waals surface area contributed by atoms with Crippen LogP contribution < -0.4 is 10.2 Å². The monoisotopic (exact) mass is 477 g/mol. The summed E-state index contributed by atoms with van der Waals surface area (Å²) in [4.78, 5) is 29.3. The van der Waals surface area contributed by atoms with E-state index in [9.17, 15) is 9.59 Å². The fraction of sp³-hybridized carbons (Fsp3) is 0.333. The number of aromatic nitrogens is 4. The normalized spacial score (nSPS) is 13.6. The zero-order valence-corrected chi connectivity index (χ0v) is 20.1. The number of para-hydroxylation sites is 2. The van der Waals surface area contributed by atoms with E-state index >= 15 is 0 Å². The van der Waals surface area contributed by atoms with Gasteiger partial charge in [0.25, 0.3) is 0 Å². The van der Waals surface area contributed by atoms with E-state index in [2.05, 4.69) is 15.5 Å². The molecule has 2 aromatic carbocycles. The highest BCUT2D eigenvalue weighted by atomic mass is 32.2. The minimum atomic E-state index is -0.118. The number of benzene rings is 2. The Hall–Kier alpha value is -3.53. The number of carbonyl (C=O) groups excluding carboxylic acids is 2. The van der Waals surface area contributed by atoms with E-state index < -0.39 is 0 Å². The minimum absolute atomic E-state index is 0.0950. The van der Waals surface area contributed by atoms with Gasteiger partial charge in [-0.1, -0.05) is 23.9 Å². The molecule has 3 heterocycles. The highest BCUT2D eigenvalue weighted by Crippen LogP contribution is 2.26. The Kier molecular flexibility index (Phi) is 6.14. The first-order valence-corrected chi connectivity index (χ1v) is 12.3. The molecule has 0 radical (unpaired) electrons. The van der Waals surface area contributed by atoms with Crippen LogP contribution in [-0.2, 0) is 16.1 Å². The Morgan fingerprint density at radius 1 is 1.00 bits per heavy atom. The Morgan fingerprint density at radius 2 is 1.71 bits per heavy atom. The largest absolute Gasteiger partial charge is 0.378 e. The maximum Gasteiger partial charge on any atom is 0.242 e. The maximum absolute atomic E-state index is 12.8. The van der Waals surface area contributed by atoms with Gasteiger partial charge < -0.3 is 15.1 Å². The van der Waals surface area contributed by atoms with E-state index in [4.69, 9.17) is 0 Å². The molecule has 5 rings (SSSR count). The number of imidazole rings is 1. The van der Waals surface area contributed by atoms with Crippen molar-refractivity contribution in [2.75, 3.05) is 43.2 Å². The van der Waals surface area contributed by atoms with Crippen LogP contribution in [0.4, 0.5) is 11.4 Å². The number of rotatable bonds is 7. The second kappa shape index (κ2) is 9.38. The van der Waals surface area contributed by atoms with Gasteiger partial charge in [-0.05, 0) is 49.2 Å². The van der Waals surface area contributed by atoms with E-state index in [1.54, 1.807) is 0 Å². The van der Waals surface area contributed by atoms with Crippen LogP contribution in [0, 0.1) is 0 Å². The summed E-state index contributed by atoms with van der Waals surface area (Å²) >= 11 is 1.32. The lowest BCUT2D eigenvalue weighted by molar-refractivity contribution is -0.130. The summed E-state index contributed by atoms with van der Waals surface area (Å²) in [6, 6.07) is 15.6. The number of hydrogen-bond donors (Lipinski definition) is 1. The molecular formula is C24H27N7O2S. The topological polar surface area (TPSA) is 87.8 Å². The average molecular weight is 478 g/mol. The van der Waals surface area contributed by atoms with Gasteiger partial charge in [-0.3, -0.25) is 18.6 Å². The zero-order valence-electron chi connectivity index (χ0n) is 19.3. The third kappa shape index (κ3) is 4.33. The maximum atomic E-state index is 12.8. The zero-order chi connectivity index (χ0) is 23.7. The van der Waals surface area contributed by atoms with Crippen molar-refractivity contribution in [2.24, 2.45) is 0 Å². The molecular weight excluding hydrogens is 450 g/mol. The van der Waals surface area contributed by atoms with E-state index in [0.29, 0.717) is 10.9 Å². The van der Waals surface area contributed by atoms with Gasteiger partial charge in [-0.25, -0.2) is 0 Å². The smallest absolute Gasteiger partial charge is 0.242 e. The molecule has 0 saturated carbocycles. The van der Waals surface area contributed by atoms with Crippen LogP contribution in [0.3, 0.4) is 0 Å². The van der Waals surface area contributed by atoms with Crippen molar-refractivity contribution in [1.82, 2.24) is 24.1 Å². The number of likely N-dealkylation sites (tertiary alicyclic amines) is 1. The summed E-state index contributed by atoms with van der Waals surface area (Å²) in [7, 11) is 3.95. The summed E-state index contributed by atoms with van der Waals surface area (Å²) in [5.74, 6) is 0.781. The Morgan fingerprint density at radius 3 is 2.41 bits per heavy atom.